The van der Waals surface area contributed by atoms with Crippen LogP contribution in [0, 0.1) is 20.2 Å². The second-order valence-corrected chi connectivity index (χ2v) is 15.8. The van der Waals surface area contributed by atoms with Crippen LogP contribution in [0.4, 0.5) is 11.4 Å². The zero-order valence-corrected chi connectivity index (χ0v) is 33.5. The van der Waals surface area contributed by atoms with Crippen LogP contribution < -0.4 is 0 Å². The maximum atomic E-state index is 11.1. The summed E-state index contributed by atoms with van der Waals surface area (Å²) in [6.45, 7) is 0.384. The minimum Gasteiger partial charge on any atom is -0.258 e. The first-order valence-corrected chi connectivity index (χ1v) is 20.1. The van der Waals surface area contributed by atoms with Gasteiger partial charge in [0.05, 0.1) is 67.9 Å². The Hall–Kier alpha value is -5.90. The van der Waals surface area contributed by atoms with Gasteiger partial charge in [0.1, 0.15) is 10.1 Å². The largest absolute Gasteiger partial charge is 0.269 e. The molecule has 0 amide bonds. The number of tetrazole rings is 2. The normalized spacial score (nSPS) is 11.3. The summed E-state index contributed by atoms with van der Waals surface area (Å²) in [6.07, 6.45) is 3.15. The molecule has 0 saturated heterocycles. The van der Waals surface area contributed by atoms with Gasteiger partial charge in [-0.05, 0) is 79.5 Å². The average Bonchev–Trinajstić information content (AvgIpc) is 4.03. The molecule has 24 heteroatoms. The van der Waals surface area contributed by atoms with Gasteiger partial charge >= 0.3 is 0 Å². The topological polar surface area (TPSA) is 209 Å². The van der Waals surface area contributed by atoms with Crippen LogP contribution >= 0.6 is 68.0 Å². The molecular weight excluding hydrogens is 874 g/mol. The van der Waals surface area contributed by atoms with Crippen molar-refractivity contribution in [3.05, 3.63) is 149 Å². The molecule has 0 aliphatic rings. The number of nitro benzene ring substituents is 2. The first kappa shape index (κ1) is 38.9. The molecule has 0 unspecified atom stereocenters. The zero-order valence-electron chi connectivity index (χ0n) is 28.9. The third-order valence-electron chi connectivity index (χ3n) is 8.25. The number of hydrogen-bond donors (Lipinski definition) is 0. The zero-order chi connectivity index (χ0) is 40.5. The highest BCUT2D eigenvalue weighted by atomic mass is 35.5. The molecule has 58 heavy (non-hydrogen) atoms. The summed E-state index contributed by atoms with van der Waals surface area (Å²) in [4.78, 5) is 24.0. The van der Waals surface area contributed by atoms with Crippen molar-refractivity contribution < 1.29 is 9.85 Å². The van der Waals surface area contributed by atoms with Crippen LogP contribution in [0.5, 0.6) is 0 Å². The Labute approximate surface area is 353 Å². The molecule has 4 heterocycles. The fourth-order valence-electron chi connectivity index (χ4n) is 5.47. The average molecular weight is 895 g/mol. The molecule has 0 N–H and O–H groups in total. The number of halogens is 4. The lowest BCUT2D eigenvalue weighted by Gasteiger charge is -2.12. The quantitative estimate of drug-likeness (QED) is 0.0603. The number of benzene rings is 4. The summed E-state index contributed by atoms with van der Waals surface area (Å²) in [5.41, 5.74) is 3.31. The van der Waals surface area contributed by atoms with Crippen molar-refractivity contribution in [1.29, 1.82) is 0 Å². The Kier molecular flexibility index (Phi) is 11.1. The smallest absolute Gasteiger partial charge is 0.258 e. The Morgan fingerprint density at radius 3 is 1.34 bits per heavy atom. The van der Waals surface area contributed by atoms with E-state index in [0.29, 0.717) is 52.6 Å². The fourth-order valence-corrected chi connectivity index (χ4v) is 8.69. The first-order chi connectivity index (χ1) is 28.0. The third-order valence-corrected chi connectivity index (χ3v) is 11.7. The maximum absolute atomic E-state index is 11.1. The summed E-state index contributed by atoms with van der Waals surface area (Å²) in [7, 11) is 2.52. The standard InChI is InChI=1S/C34H20Cl4N14O4S2/c35-21-5-11-27(37)29(13-21)49-33(25(15-39-49)31-41-45-47(43-31)17-19-1-7-23(8-2-19)51(53)54)57-58-34-26(16-40-50(34)30-14-22(36)6-12-28(30)38)32-42-46-48(44-32)18-20-3-9-24(10-4-20)52(55)56/h1-16H,17-18H2. The molecular formula is C34H20Cl4N14O4S2. The van der Waals surface area contributed by atoms with E-state index in [9.17, 15) is 20.2 Å². The van der Waals surface area contributed by atoms with Crippen molar-refractivity contribution in [2.24, 2.45) is 0 Å². The molecule has 0 saturated carbocycles. The van der Waals surface area contributed by atoms with Crippen molar-refractivity contribution in [3.8, 4) is 34.2 Å². The van der Waals surface area contributed by atoms with Crippen LogP contribution in [-0.4, -0.2) is 69.8 Å². The van der Waals surface area contributed by atoms with E-state index in [1.54, 1.807) is 82.4 Å². The summed E-state index contributed by atoms with van der Waals surface area (Å²) in [6, 6.07) is 22.1. The van der Waals surface area contributed by atoms with Crippen LogP contribution in [0.1, 0.15) is 11.1 Å². The van der Waals surface area contributed by atoms with Gasteiger partial charge in [-0.15, -0.1) is 20.4 Å². The van der Waals surface area contributed by atoms with Gasteiger partial charge in [0.25, 0.3) is 11.4 Å². The van der Waals surface area contributed by atoms with E-state index in [0.717, 1.165) is 11.1 Å². The number of nitrogens with zero attached hydrogens (tertiary/aromatic N) is 14. The van der Waals surface area contributed by atoms with Crippen LogP contribution in [-0.2, 0) is 13.1 Å². The van der Waals surface area contributed by atoms with Gasteiger partial charge in [0.2, 0.25) is 11.6 Å². The Balaban J connectivity index is 1.16. The van der Waals surface area contributed by atoms with Crippen LogP contribution in [0.15, 0.2) is 107 Å². The molecule has 0 aliphatic carbocycles. The van der Waals surface area contributed by atoms with Gasteiger partial charge in [-0.3, -0.25) is 20.2 Å². The van der Waals surface area contributed by atoms with Crippen molar-refractivity contribution >= 4 is 79.4 Å². The number of non-ortho nitro benzene ring substituents is 2. The predicted molar refractivity (Wildman–Crippen MR) is 217 cm³/mol. The summed E-state index contributed by atoms with van der Waals surface area (Å²) in [5.74, 6) is 0.466. The van der Waals surface area contributed by atoms with Crippen LogP contribution in [0.3, 0.4) is 0 Å². The molecule has 0 fully saturated rings. The number of nitro groups is 2. The number of hydrogen-bond acceptors (Lipinski definition) is 14. The van der Waals surface area contributed by atoms with Gasteiger partial charge in [-0.25, -0.2) is 9.36 Å². The molecule has 0 bridgehead atoms. The second-order valence-electron chi connectivity index (χ2n) is 12.0. The van der Waals surface area contributed by atoms with E-state index in [1.807, 2.05) is 0 Å². The van der Waals surface area contributed by atoms with Crippen molar-refractivity contribution in [3.63, 3.8) is 0 Å². The molecule has 0 radical (unpaired) electrons. The second kappa shape index (κ2) is 16.5. The van der Waals surface area contributed by atoms with Gasteiger partial charge in [-0.1, -0.05) is 70.7 Å². The van der Waals surface area contributed by atoms with E-state index < -0.39 is 9.85 Å². The molecule has 0 aliphatic heterocycles. The van der Waals surface area contributed by atoms with E-state index >= 15 is 0 Å². The van der Waals surface area contributed by atoms with E-state index in [4.69, 9.17) is 46.4 Å². The Morgan fingerprint density at radius 2 is 0.966 bits per heavy atom. The Bertz CT molecular complexity index is 2640. The SMILES string of the molecule is O=[N+]([O-])c1ccc(Cn2nnc(-c3cnn(-c4cc(Cl)ccc4Cl)c3SSc3c(-c4nnn(Cc5ccc([N+](=O)[O-])cc5)n4)cnn3-c3cc(Cl)ccc3Cl)n2)cc1. The lowest BCUT2D eigenvalue weighted by Crippen LogP contribution is -2.04. The van der Waals surface area contributed by atoms with Gasteiger partial charge < -0.3 is 0 Å². The van der Waals surface area contributed by atoms with Crippen LogP contribution in [0.2, 0.25) is 20.1 Å². The van der Waals surface area contributed by atoms with Gasteiger partial charge in [0, 0.05) is 34.3 Å². The fraction of sp³-hybridized carbons (Fsp3) is 0.0588. The molecule has 0 atom stereocenters. The monoisotopic (exact) mass is 892 g/mol. The highest BCUT2D eigenvalue weighted by Gasteiger charge is 2.26. The van der Waals surface area contributed by atoms with E-state index in [1.165, 1.54) is 55.4 Å². The summed E-state index contributed by atoms with van der Waals surface area (Å²) in [5, 5.41) is 60.4. The van der Waals surface area contributed by atoms with Gasteiger partial charge in [0.15, 0.2) is 0 Å². The minimum absolute atomic E-state index is 0.0352. The lowest BCUT2D eigenvalue weighted by molar-refractivity contribution is -0.385. The summed E-state index contributed by atoms with van der Waals surface area (Å²) < 4.78 is 3.20. The molecule has 8 aromatic rings. The van der Waals surface area contributed by atoms with Crippen molar-refractivity contribution in [2.75, 3.05) is 0 Å². The predicted octanol–water partition coefficient (Wildman–Crippen LogP) is 8.69. The van der Waals surface area contributed by atoms with Crippen molar-refractivity contribution in [2.45, 2.75) is 23.1 Å². The van der Waals surface area contributed by atoms with Crippen molar-refractivity contribution in [1.82, 2.24) is 60.0 Å². The molecule has 18 nitrogen and oxygen atoms in total. The molecule has 8 rings (SSSR count). The van der Waals surface area contributed by atoms with E-state index in [-0.39, 0.29) is 36.1 Å². The highest BCUT2D eigenvalue weighted by molar-refractivity contribution is 8.76. The Morgan fingerprint density at radius 1 is 0.569 bits per heavy atom. The molecule has 290 valence electrons. The third kappa shape index (κ3) is 8.24. The number of rotatable bonds is 13. The molecule has 0 spiro atoms. The van der Waals surface area contributed by atoms with E-state index in [2.05, 4.69) is 41.0 Å². The summed E-state index contributed by atoms with van der Waals surface area (Å²) >= 11 is 26.2. The highest BCUT2D eigenvalue weighted by Crippen LogP contribution is 2.47. The minimum atomic E-state index is -0.472. The maximum Gasteiger partial charge on any atom is 0.269 e. The molecule has 4 aromatic heterocycles. The van der Waals surface area contributed by atoms with Gasteiger partial charge in [-0.2, -0.15) is 19.8 Å². The number of aromatic nitrogens is 12. The van der Waals surface area contributed by atoms with Crippen LogP contribution in [0.25, 0.3) is 34.2 Å². The first-order valence-electron chi connectivity index (χ1n) is 16.4. The lowest BCUT2D eigenvalue weighted by atomic mass is 10.2. The molecule has 4 aromatic carbocycles.